The summed E-state index contributed by atoms with van der Waals surface area (Å²) < 4.78 is 0. The molecule has 5 N–H and O–H groups in total. The number of rotatable bonds is 9. The maximum Gasteiger partial charge on any atom is 0.220 e. The Kier molecular flexibility index (Phi) is 8.37. The van der Waals surface area contributed by atoms with Crippen LogP contribution in [0.25, 0.3) is 0 Å². The summed E-state index contributed by atoms with van der Waals surface area (Å²) in [4.78, 5) is 22.4. The first-order valence-corrected chi connectivity index (χ1v) is 6.64. The monoisotopic (exact) mass is 257 g/mol. The van der Waals surface area contributed by atoms with E-state index in [1.165, 1.54) is 0 Å². The molecule has 0 aromatic heterocycles. The van der Waals surface area contributed by atoms with Crippen molar-refractivity contribution in [1.82, 2.24) is 5.32 Å². The van der Waals surface area contributed by atoms with Gasteiger partial charge in [-0.25, -0.2) is 0 Å². The van der Waals surface area contributed by atoms with Crippen LogP contribution in [0.5, 0.6) is 0 Å². The third kappa shape index (κ3) is 8.06. The lowest BCUT2D eigenvalue weighted by Crippen LogP contribution is -2.35. The van der Waals surface area contributed by atoms with Gasteiger partial charge in [0.1, 0.15) is 0 Å². The van der Waals surface area contributed by atoms with Gasteiger partial charge < -0.3 is 16.8 Å². The van der Waals surface area contributed by atoms with Crippen molar-refractivity contribution in [2.24, 2.45) is 23.3 Å². The maximum atomic E-state index is 11.7. The van der Waals surface area contributed by atoms with E-state index >= 15 is 0 Å². The first kappa shape index (κ1) is 16.9. The molecule has 0 spiro atoms. The van der Waals surface area contributed by atoms with E-state index < -0.39 is 5.91 Å². The number of primary amides is 1. The largest absolute Gasteiger partial charge is 0.370 e. The first-order chi connectivity index (χ1) is 8.36. The summed E-state index contributed by atoms with van der Waals surface area (Å²) in [6.07, 6.45) is 2.44. The smallest absolute Gasteiger partial charge is 0.220 e. The quantitative estimate of drug-likeness (QED) is 0.569. The average molecular weight is 257 g/mol. The number of hydrogen-bond donors (Lipinski definition) is 3. The van der Waals surface area contributed by atoms with Gasteiger partial charge >= 0.3 is 0 Å². The van der Waals surface area contributed by atoms with Crippen LogP contribution < -0.4 is 16.8 Å². The van der Waals surface area contributed by atoms with Gasteiger partial charge in [0.2, 0.25) is 11.8 Å². The van der Waals surface area contributed by atoms with E-state index in [0.717, 1.165) is 12.8 Å². The number of nitrogens with one attached hydrogen (secondary N) is 1. The van der Waals surface area contributed by atoms with E-state index in [9.17, 15) is 9.59 Å². The van der Waals surface area contributed by atoms with Gasteiger partial charge in [0.05, 0.1) is 0 Å². The molecular formula is C13H27N3O2. The van der Waals surface area contributed by atoms with Crippen LogP contribution >= 0.6 is 0 Å². The van der Waals surface area contributed by atoms with Crippen LogP contribution in [0.4, 0.5) is 0 Å². The van der Waals surface area contributed by atoms with Crippen molar-refractivity contribution < 1.29 is 9.59 Å². The van der Waals surface area contributed by atoms with E-state index in [4.69, 9.17) is 11.5 Å². The summed E-state index contributed by atoms with van der Waals surface area (Å²) in [5.41, 5.74) is 10.6. The summed E-state index contributed by atoms with van der Waals surface area (Å²) in [6, 6.07) is -0.193. The molecule has 0 aliphatic carbocycles. The lowest BCUT2D eigenvalue weighted by molar-refractivity contribution is -0.122. The lowest BCUT2D eigenvalue weighted by Gasteiger charge is -2.20. The highest BCUT2D eigenvalue weighted by molar-refractivity contribution is 5.78. The minimum absolute atomic E-state index is 0.0218. The molecule has 5 heteroatoms. The van der Waals surface area contributed by atoms with Gasteiger partial charge in [-0.1, -0.05) is 13.8 Å². The molecule has 2 unspecified atom stereocenters. The van der Waals surface area contributed by atoms with Gasteiger partial charge in [-0.3, -0.25) is 9.59 Å². The molecule has 2 amide bonds. The van der Waals surface area contributed by atoms with Gasteiger partial charge in [-0.2, -0.15) is 0 Å². The second kappa shape index (κ2) is 8.91. The number of amides is 2. The number of hydrogen-bond acceptors (Lipinski definition) is 3. The van der Waals surface area contributed by atoms with Crippen molar-refractivity contribution in [2.75, 3.05) is 6.54 Å². The zero-order valence-corrected chi connectivity index (χ0v) is 11.7. The molecule has 0 aromatic carbocycles. The average Bonchev–Trinajstić information content (AvgIpc) is 2.22. The first-order valence-electron chi connectivity index (χ1n) is 6.64. The molecular weight excluding hydrogens is 230 g/mol. The van der Waals surface area contributed by atoms with Crippen molar-refractivity contribution in [3.8, 4) is 0 Å². The molecule has 0 saturated heterocycles. The van der Waals surface area contributed by atoms with Crippen LogP contribution in [0.15, 0.2) is 0 Å². The fourth-order valence-electron chi connectivity index (χ4n) is 2.04. The molecule has 0 saturated carbocycles. The van der Waals surface area contributed by atoms with E-state index in [-0.39, 0.29) is 18.4 Å². The molecule has 18 heavy (non-hydrogen) atoms. The summed E-state index contributed by atoms with van der Waals surface area (Å²) in [5, 5.41) is 2.78. The van der Waals surface area contributed by atoms with E-state index in [2.05, 4.69) is 19.2 Å². The molecule has 106 valence electrons. The Bertz CT molecular complexity index is 267. The van der Waals surface area contributed by atoms with Crippen molar-refractivity contribution in [3.05, 3.63) is 0 Å². The highest BCUT2D eigenvalue weighted by Crippen LogP contribution is 2.20. The van der Waals surface area contributed by atoms with Crippen LogP contribution in [-0.2, 0) is 9.59 Å². The van der Waals surface area contributed by atoms with Crippen LogP contribution in [0.2, 0.25) is 0 Å². The van der Waals surface area contributed by atoms with Crippen LogP contribution in [-0.4, -0.2) is 24.4 Å². The van der Waals surface area contributed by atoms with Gasteiger partial charge in [0.25, 0.3) is 0 Å². The molecule has 2 atom stereocenters. The summed E-state index contributed by atoms with van der Waals surface area (Å²) in [7, 11) is 0. The standard InChI is InChI=1S/C13H27N3O2/c1-9(2)11(6-7-14)4-5-13(18)16-10(3)8-12(15)17/h9-11H,4-8,14H2,1-3H3,(H2,15,17)(H,16,18). The summed E-state index contributed by atoms with van der Waals surface area (Å²) in [6.45, 7) is 6.73. The molecule has 0 radical (unpaired) electrons. The molecule has 5 nitrogen and oxygen atoms in total. The third-order valence-corrected chi connectivity index (χ3v) is 3.14. The predicted octanol–water partition coefficient (Wildman–Crippen LogP) is 0.768. The van der Waals surface area contributed by atoms with Gasteiger partial charge in [0, 0.05) is 18.9 Å². The van der Waals surface area contributed by atoms with E-state index in [1.54, 1.807) is 6.92 Å². The van der Waals surface area contributed by atoms with Gasteiger partial charge in [-0.15, -0.1) is 0 Å². The normalized spacial score (nSPS) is 14.3. The van der Waals surface area contributed by atoms with Gasteiger partial charge in [0.15, 0.2) is 0 Å². The number of carbonyl (C=O) groups is 2. The van der Waals surface area contributed by atoms with Crippen molar-refractivity contribution in [2.45, 2.75) is 52.5 Å². The van der Waals surface area contributed by atoms with Crippen LogP contribution in [0, 0.1) is 11.8 Å². The Hall–Kier alpha value is -1.10. The lowest BCUT2D eigenvalue weighted by atomic mass is 9.88. The Morgan fingerprint density at radius 1 is 1.17 bits per heavy atom. The zero-order valence-electron chi connectivity index (χ0n) is 11.7. The minimum atomic E-state index is -0.397. The van der Waals surface area contributed by atoms with Gasteiger partial charge in [-0.05, 0) is 38.1 Å². The van der Waals surface area contributed by atoms with Crippen molar-refractivity contribution in [3.63, 3.8) is 0 Å². The highest BCUT2D eigenvalue weighted by atomic mass is 16.2. The van der Waals surface area contributed by atoms with Crippen molar-refractivity contribution in [1.29, 1.82) is 0 Å². The van der Waals surface area contributed by atoms with Crippen LogP contribution in [0.3, 0.4) is 0 Å². The number of nitrogens with two attached hydrogens (primary N) is 2. The van der Waals surface area contributed by atoms with Crippen LogP contribution in [0.1, 0.15) is 46.5 Å². The molecule has 0 bridgehead atoms. The predicted molar refractivity (Wildman–Crippen MR) is 72.6 cm³/mol. The third-order valence-electron chi connectivity index (χ3n) is 3.14. The SMILES string of the molecule is CC(CC(N)=O)NC(=O)CCC(CCN)C(C)C. The Labute approximate surface area is 110 Å². The fraction of sp³-hybridized carbons (Fsp3) is 0.846. The van der Waals surface area contributed by atoms with E-state index in [1.807, 2.05) is 0 Å². The molecule has 0 aromatic rings. The molecule has 0 fully saturated rings. The molecule has 0 aliphatic rings. The Morgan fingerprint density at radius 2 is 1.78 bits per heavy atom. The molecule has 0 aliphatic heterocycles. The zero-order chi connectivity index (χ0) is 14.1. The fourth-order valence-corrected chi connectivity index (χ4v) is 2.04. The van der Waals surface area contributed by atoms with Crippen molar-refractivity contribution >= 4 is 11.8 Å². The highest BCUT2D eigenvalue weighted by Gasteiger charge is 2.15. The maximum absolute atomic E-state index is 11.7. The summed E-state index contributed by atoms with van der Waals surface area (Å²) in [5.74, 6) is 0.592. The second-order valence-corrected chi connectivity index (χ2v) is 5.26. The molecule has 0 heterocycles. The Morgan fingerprint density at radius 3 is 2.22 bits per heavy atom. The topological polar surface area (TPSA) is 98.2 Å². The minimum Gasteiger partial charge on any atom is -0.370 e. The summed E-state index contributed by atoms with van der Waals surface area (Å²) >= 11 is 0. The second-order valence-electron chi connectivity index (χ2n) is 5.26. The molecule has 0 rings (SSSR count). The Balaban J connectivity index is 3.97. The van der Waals surface area contributed by atoms with E-state index in [0.29, 0.717) is 24.8 Å². The number of carbonyl (C=O) groups excluding carboxylic acids is 2.